The second-order valence-corrected chi connectivity index (χ2v) is 4.69. The molecule has 0 radical (unpaired) electrons. The maximum Gasteiger partial charge on any atom is 0.324 e. The molecule has 18 heavy (non-hydrogen) atoms. The van der Waals surface area contributed by atoms with Crippen molar-refractivity contribution < 1.29 is 14.3 Å². The normalized spacial score (nSPS) is 27.0. The molecule has 0 bridgehead atoms. The van der Waals surface area contributed by atoms with Crippen molar-refractivity contribution in [3.05, 3.63) is 35.9 Å². The van der Waals surface area contributed by atoms with Gasteiger partial charge in [0, 0.05) is 12.8 Å². The molecule has 3 nitrogen and oxygen atoms in total. The lowest BCUT2D eigenvalue weighted by molar-refractivity contribution is -0.148. The molecule has 1 fully saturated rings. The van der Waals surface area contributed by atoms with Crippen LogP contribution in [0.3, 0.4) is 0 Å². The van der Waals surface area contributed by atoms with Crippen molar-refractivity contribution in [2.24, 2.45) is 0 Å². The average molecular weight is 246 g/mol. The van der Waals surface area contributed by atoms with Crippen molar-refractivity contribution in [1.82, 2.24) is 0 Å². The standard InChI is InChI=1S/C15H18O3/c1-3-12-10-15(13(16)4-2,14(17)18-12)11-8-6-5-7-9-11/h5-9,12H,3-4,10H2,1-2H3/t12-,15-/m0/s1. The maximum atomic E-state index is 12.3. The molecule has 3 heteroatoms. The summed E-state index contributed by atoms with van der Waals surface area (Å²) in [5.74, 6) is -0.429. The summed E-state index contributed by atoms with van der Waals surface area (Å²) in [6, 6.07) is 9.27. The Morgan fingerprint density at radius 2 is 2.00 bits per heavy atom. The summed E-state index contributed by atoms with van der Waals surface area (Å²) < 4.78 is 5.34. The number of Topliss-reactive ketones (excluding diaryl/α,β-unsaturated/α-hetero) is 1. The Balaban J connectivity index is 2.49. The Bertz CT molecular complexity index is 452. The van der Waals surface area contributed by atoms with Crippen LogP contribution < -0.4 is 0 Å². The monoisotopic (exact) mass is 246 g/mol. The minimum atomic E-state index is -1.07. The van der Waals surface area contributed by atoms with Crippen LogP contribution in [0.2, 0.25) is 0 Å². The summed E-state index contributed by atoms with van der Waals surface area (Å²) in [6.45, 7) is 3.76. The summed E-state index contributed by atoms with van der Waals surface area (Å²) in [7, 11) is 0. The van der Waals surface area contributed by atoms with Crippen LogP contribution in [-0.2, 0) is 19.7 Å². The number of carbonyl (C=O) groups is 2. The third-order valence-corrected chi connectivity index (χ3v) is 3.68. The maximum absolute atomic E-state index is 12.3. The zero-order valence-corrected chi connectivity index (χ0v) is 10.8. The van der Waals surface area contributed by atoms with Crippen LogP contribution in [0, 0.1) is 0 Å². The third-order valence-electron chi connectivity index (χ3n) is 3.68. The molecule has 96 valence electrons. The Hall–Kier alpha value is -1.64. The Morgan fingerprint density at radius 1 is 1.33 bits per heavy atom. The van der Waals surface area contributed by atoms with Gasteiger partial charge >= 0.3 is 5.97 Å². The fraction of sp³-hybridized carbons (Fsp3) is 0.467. The van der Waals surface area contributed by atoms with Crippen molar-refractivity contribution in [1.29, 1.82) is 0 Å². The van der Waals surface area contributed by atoms with Crippen LogP contribution >= 0.6 is 0 Å². The smallest absolute Gasteiger partial charge is 0.324 e. The predicted molar refractivity (Wildman–Crippen MR) is 68.2 cm³/mol. The summed E-state index contributed by atoms with van der Waals surface area (Å²) in [5.41, 5.74) is -0.311. The molecule has 1 saturated heterocycles. The van der Waals surface area contributed by atoms with E-state index in [9.17, 15) is 9.59 Å². The third kappa shape index (κ3) is 1.84. The highest BCUT2D eigenvalue weighted by Crippen LogP contribution is 2.40. The van der Waals surface area contributed by atoms with E-state index in [0.717, 1.165) is 12.0 Å². The van der Waals surface area contributed by atoms with Crippen LogP contribution in [0.25, 0.3) is 0 Å². The molecule has 0 N–H and O–H groups in total. The number of hydrogen-bond acceptors (Lipinski definition) is 3. The molecule has 0 saturated carbocycles. The number of hydrogen-bond donors (Lipinski definition) is 0. The molecular formula is C15H18O3. The van der Waals surface area contributed by atoms with Crippen LogP contribution in [-0.4, -0.2) is 17.9 Å². The number of carbonyl (C=O) groups excluding carboxylic acids is 2. The van der Waals surface area contributed by atoms with Gasteiger partial charge in [-0.05, 0) is 12.0 Å². The number of ether oxygens (including phenoxy) is 1. The fourth-order valence-electron chi connectivity index (χ4n) is 2.59. The first-order chi connectivity index (χ1) is 8.65. The number of esters is 1. The quantitative estimate of drug-likeness (QED) is 0.606. The first-order valence-corrected chi connectivity index (χ1v) is 6.45. The second-order valence-electron chi connectivity index (χ2n) is 4.69. The first-order valence-electron chi connectivity index (χ1n) is 6.45. The highest BCUT2D eigenvalue weighted by molar-refractivity contribution is 6.10. The average Bonchev–Trinajstić information content (AvgIpc) is 2.77. The molecule has 0 amide bonds. The van der Waals surface area contributed by atoms with Crippen molar-refractivity contribution in [3.63, 3.8) is 0 Å². The molecule has 0 aromatic heterocycles. The number of ketones is 1. The van der Waals surface area contributed by atoms with Gasteiger partial charge in [-0.15, -0.1) is 0 Å². The summed E-state index contributed by atoms with van der Waals surface area (Å²) in [4.78, 5) is 24.5. The molecule has 0 spiro atoms. The highest BCUT2D eigenvalue weighted by atomic mass is 16.6. The fourth-order valence-corrected chi connectivity index (χ4v) is 2.59. The van der Waals surface area contributed by atoms with Gasteiger partial charge in [0.2, 0.25) is 0 Å². The van der Waals surface area contributed by atoms with Gasteiger partial charge in [-0.2, -0.15) is 0 Å². The van der Waals surface area contributed by atoms with Gasteiger partial charge in [-0.25, -0.2) is 0 Å². The zero-order valence-electron chi connectivity index (χ0n) is 10.8. The van der Waals surface area contributed by atoms with E-state index >= 15 is 0 Å². The molecular weight excluding hydrogens is 228 g/mol. The van der Waals surface area contributed by atoms with Gasteiger partial charge < -0.3 is 4.74 Å². The summed E-state index contributed by atoms with van der Waals surface area (Å²) >= 11 is 0. The van der Waals surface area contributed by atoms with Gasteiger partial charge in [-0.3, -0.25) is 9.59 Å². The van der Waals surface area contributed by atoms with Crippen molar-refractivity contribution in [2.45, 2.75) is 44.6 Å². The van der Waals surface area contributed by atoms with Gasteiger partial charge in [0.1, 0.15) is 6.10 Å². The molecule has 0 unspecified atom stereocenters. The lowest BCUT2D eigenvalue weighted by atomic mass is 9.73. The Kier molecular flexibility index (Phi) is 3.50. The Morgan fingerprint density at radius 3 is 2.50 bits per heavy atom. The number of benzene rings is 1. The van der Waals surface area contributed by atoms with Gasteiger partial charge in [0.15, 0.2) is 11.2 Å². The van der Waals surface area contributed by atoms with E-state index in [1.54, 1.807) is 6.92 Å². The highest BCUT2D eigenvalue weighted by Gasteiger charge is 2.54. The molecule has 1 aromatic carbocycles. The van der Waals surface area contributed by atoms with Crippen molar-refractivity contribution in [2.75, 3.05) is 0 Å². The minimum Gasteiger partial charge on any atom is -0.461 e. The van der Waals surface area contributed by atoms with E-state index in [-0.39, 0.29) is 17.9 Å². The minimum absolute atomic E-state index is 0.0466. The number of cyclic esters (lactones) is 1. The summed E-state index contributed by atoms with van der Waals surface area (Å²) in [5, 5.41) is 0. The van der Waals surface area contributed by atoms with Crippen molar-refractivity contribution >= 4 is 11.8 Å². The Labute approximate surface area is 107 Å². The SMILES string of the molecule is CCC(=O)[C@@]1(c2ccccc2)C[C@H](CC)OC1=O. The van der Waals surface area contributed by atoms with Crippen molar-refractivity contribution in [3.8, 4) is 0 Å². The first kappa shape index (κ1) is 12.8. The molecule has 2 atom stereocenters. The second kappa shape index (κ2) is 4.92. The van der Waals surface area contributed by atoms with E-state index in [1.807, 2.05) is 37.3 Å². The van der Waals surface area contributed by atoms with Gasteiger partial charge in [0.25, 0.3) is 0 Å². The molecule has 0 aliphatic carbocycles. The van der Waals surface area contributed by atoms with E-state index in [1.165, 1.54) is 0 Å². The largest absolute Gasteiger partial charge is 0.461 e. The van der Waals surface area contributed by atoms with E-state index < -0.39 is 5.41 Å². The van der Waals surface area contributed by atoms with Gasteiger partial charge in [0.05, 0.1) is 0 Å². The van der Waals surface area contributed by atoms with Crippen LogP contribution in [0.1, 0.15) is 38.7 Å². The lowest BCUT2D eigenvalue weighted by Crippen LogP contribution is -2.40. The zero-order chi connectivity index (χ0) is 13.2. The summed E-state index contributed by atoms with van der Waals surface area (Å²) in [6.07, 6.45) is 1.42. The molecule has 1 aromatic rings. The van der Waals surface area contributed by atoms with E-state index in [0.29, 0.717) is 12.8 Å². The lowest BCUT2D eigenvalue weighted by Gasteiger charge is -2.23. The van der Waals surface area contributed by atoms with Gasteiger partial charge in [-0.1, -0.05) is 44.2 Å². The van der Waals surface area contributed by atoms with E-state index in [4.69, 9.17) is 4.74 Å². The topological polar surface area (TPSA) is 43.4 Å². The van der Waals surface area contributed by atoms with E-state index in [2.05, 4.69) is 0 Å². The van der Waals surface area contributed by atoms with Crippen LogP contribution in [0.5, 0.6) is 0 Å². The predicted octanol–water partition coefficient (Wildman–Crippen LogP) is 2.63. The molecule has 2 rings (SSSR count). The number of rotatable bonds is 4. The molecule has 1 aliphatic rings. The molecule has 1 aliphatic heterocycles. The van der Waals surface area contributed by atoms with Crippen LogP contribution in [0.4, 0.5) is 0 Å². The molecule has 1 heterocycles. The van der Waals surface area contributed by atoms with Crippen LogP contribution in [0.15, 0.2) is 30.3 Å².